The highest BCUT2D eigenvalue weighted by molar-refractivity contribution is 5.98. The largest absolute Gasteiger partial charge is 0.494 e. The number of anilines is 2. The van der Waals surface area contributed by atoms with E-state index in [1.807, 2.05) is 25.1 Å². The van der Waals surface area contributed by atoms with Crippen LogP contribution in [0.5, 0.6) is 5.75 Å². The molecule has 6 heteroatoms. The van der Waals surface area contributed by atoms with Crippen molar-refractivity contribution in [3.05, 3.63) is 54.6 Å². The van der Waals surface area contributed by atoms with Crippen molar-refractivity contribution in [1.29, 1.82) is 0 Å². The molecule has 3 N–H and O–H groups in total. The second-order valence-electron chi connectivity index (χ2n) is 5.13. The minimum absolute atomic E-state index is 0.303. The number of urea groups is 1. The molecule has 6 nitrogen and oxygen atoms in total. The number of benzene rings is 2. The summed E-state index contributed by atoms with van der Waals surface area (Å²) < 4.78 is 5.34. The third-order valence-electron chi connectivity index (χ3n) is 3.21. The average molecular weight is 327 g/mol. The number of para-hydroxylation sites is 1. The van der Waals surface area contributed by atoms with Gasteiger partial charge in [-0.2, -0.15) is 0 Å². The second kappa shape index (κ2) is 8.57. The van der Waals surface area contributed by atoms with Gasteiger partial charge < -0.3 is 20.7 Å². The van der Waals surface area contributed by atoms with E-state index in [-0.39, 0.29) is 5.91 Å². The normalized spacial score (nSPS) is 11.2. The van der Waals surface area contributed by atoms with Crippen LogP contribution in [0.3, 0.4) is 0 Å². The van der Waals surface area contributed by atoms with Gasteiger partial charge in [0.2, 0.25) is 5.91 Å². The van der Waals surface area contributed by atoms with Crippen molar-refractivity contribution in [2.24, 2.45) is 0 Å². The fourth-order valence-corrected chi connectivity index (χ4v) is 2.00. The molecule has 0 radical (unpaired) electrons. The maximum Gasteiger partial charge on any atom is 0.319 e. The summed E-state index contributed by atoms with van der Waals surface area (Å²) in [7, 11) is 0. The minimum Gasteiger partial charge on any atom is -0.494 e. The Morgan fingerprint density at radius 1 is 0.958 bits per heavy atom. The van der Waals surface area contributed by atoms with Gasteiger partial charge in [0.25, 0.3) is 0 Å². The van der Waals surface area contributed by atoms with Gasteiger partial charge in [0, 0.05) is 11.4 Å². The van der Waals surface area contributed by atoms with Crippen LogP contribution in [0.2, 0.25) is 0 Å². The van der Waals surface area contributed by atoms with Gasteiger partial charge in [-0.3, -0.25) is 4.79 Å². The molecule has 0 saturated carbocycles. The van der Waals surface area contributed by atoms with Crippen LogP contribution in [0.1, 0.15) is 13.8 Å². The van der Waals surface area contributed by atoms with Crippen molar-refractivity contribution in [2.45, 2.75) is 19.9 Å². The number of carbonyl (C=O) groups excluding carboxylic acids is 2. The Morgan fingerprint density at radius 2 is 1.58 bits per heavy atom. The van der Waals surface area contributed by atoms with E-state index in [4.69, 9.17) is 4.74 Å². The number of rotatable bonds is 6. The summed E-state index contributed by atoms with van der Waals surface area (Å²) in [5.74, 6) is 0.436. The fourth-order valence-electron chi connectivity index (χ4n) is 2.00. The van der Waals surface area contributed by atoms with Gasteiger partial charge in [0.05, 0.1) is 6.61 Å². The molecule has 24 heavy (non-hydrogen) atoms. The van der Waals surface area contributed by atoms with E-state index in [2.05, 4.69) is 16.0 Å². The number of hydrogen-bond donors (Lipinski definition) is 3. The molecule has 0 saturated heterocycles. The monoisotopic (exact) mass is 327 g/mol. The van der Waals surface area contributed by atoms with Crippen LogP contribution in [0, 0.1) is 0 Å². The van der Waals surface area contributed by atoms with Gasteiger partial charge in [-0.05, 0) is 50.2 Å². The third-order valence-corrected chi connectivity index (χ3v) is 3.21. The van der Waals surface area contributed by atoms with E-state index in [1.54, 1.807) is 43.3 Å². The van der Waals surface area contributed by atoms with Gasteiger partial charge in [0.15, 0.2) is 0 Å². The lowest BCUT2D eigenvalue weighted by Gasteiger charge is -2.15. The van der Waals surface area contributed by atoms with Crippen molar-refractivity contribution < 1.29 is 14.3 Å². The molecule has 1 unspecified atom stereocenters. The van der Waals surface area contributed by atoms with E-state index in [0.717, 1.165) is 5.75 Å². The lowest BCUT2D eigenvalue weighted by Crippen LogP contribution is -2.43. The predicted octanol–water partition coefficient (Wildman–Crippen LogP) is 3.23. The molecule has 3 amide bonds. The standard InChI is InChI=1S/C18H21N3O3/c1-3-24-16-11-9-15(10-12-16)20-17(22)13(2)19-18(23)21-14-7-5-4-6-8-14/h4-13H,3H2,1-2H3,(H,20,22)(H2,19,21,23). The SMILES string of the molecule is CCOc1ccc(NC(=O)C(C)NC(=O)Nc2ccccc2)cc1. The van der Waals surface area contributed by atoms with Gasteiger partial charge in [0.1, 0.15) is 11.8 Å². The summed E-state index contributed by atoms with van der Waals surface area (Å²) in [6, 6.07) is 15.0. The summed E-state index contributed by atoms with van der Waals surface area (Å²) in [6.45, 7) is 4.11. The number of nitrogens with one attached hydrogen (secondary N) is 3. The quantitative estimate of drug-likeness (QED) is 0.762. The first-order valence-corrected chi connectivity index (χ1v) is 7.74. The Kier molecular flexibility index (Phi) is 6.19. The van der Waals surface area contributed by atoms with Crippen molar-refractivity contribution in [2.75, 3.05) is 17.2 Å². The topological polar surface area (TPSA) is 79.5 Å². The van der Waals surface area contributed by atoms with Crippen LogP contribution >= 0.6 is 0 Å². The van der Waals surface area contributed by atoms with Crippen LogP contribution in [-0.2, 0) is 4.79 Å². The zero-order chi connectivity index (χ0) is 17.4. The molecule has 1 atom stereocenters. The highest BCUT2D eigenvalue weighted by Gasteiger charge is 2.15. The highest BCUT2D eigenvalue weighted by Crippen LogP contribution is 2.15. The van der Waals surface area contributed by atoms with E-state index < -0.39 is 12.1 Å². The fraction of sp³-hybridized carbons (Fsp3) is 0.222. The molecule has 0 aromatic heterocycles. The van der Waals surface area contributed by atoms with E-state index in [0.29, 0.717) is 18.0 Å². The molecule has 0 heterocycles. The highest BCUT2D eigenvalue weighted by atomic mass is 16.5. The van der Waals surface area contributed by atoms with Crippen LogP contribution < -0.4 is 20.7 Å². The molecule has 0 aliphatic carbocycles. The zero-order valence-electron chi connectivity index (χ0n) is 13.7. The Balaban J connectivity index is 1.84. The molecule has 126 valence electrons. The van der Waals surface area contributed by atoms with E-state index in [9.17, 15) is 9.59 Å². The Labute approximate surface area is 141 Å². The minimum atomic E-state index is -0.680. The molecule has 0 fully saturated rings. The average Bonchev–Trinajstić information content (AvgIpc) is 2.57. The Morgan fingerprint density at radius 3 is 2.21 bits per heavy atom. The van der Waals surface area contributed by atoms with Gasteiger partial charge in [-0.25, -0.2) is 4.79 Å². The summed E-state index contributed by atoms with van der Waals surface area (Å²) >= 11 is 0. The summed E-state index contributed by atoms with van der Waals surface area (Å²) in [5, 5.41) is 8.00. The number of ether oxygens (including phenoxy) is 1. The lowest BCUT2D eigenvalue weighted by molar-refractivity contribution is -0.117. The van der Waals surface area contributed by atoms with Crippen molar-refractivity contribution in [3.63, 3.8) is 0 Å². The first-order chi connectivity index (χ1) is 11.6. The van der Waals surface area contributed by atoms with Crippen molar-refractivity contribution in [3.8, 4) is 5.75 Å². The summed E-state index contributed by atoms with van der Waals surface area (Å²) in [6.07, 6.45) is 0. The van der Waals surface area contributed by atoms with Crippen LogP contribution in [-0.4, -0.2) is 24.6 Å². The Bertz CT molecular complexity index is 672. The van der Waals surface area contributed by atoms with Crippen molar-refractivity contribution in [1.82, 2.24) is 5.32 Å². The smallest absolute Gasteiger partial charge is 0.319 e. The van der Waals surface area contributed by atoms with E-state index >= 15 is 0 Å². The lowest BCUT2D eigenvalue weighted by atomic mass is 10.2. The molecular weight excluding hydrogens is 306 g/mol. The van der Waals surface area contributed by atoms with Crippen LogP contribution in [0.15, 0.2) is 54.6 Å². The zero-order valence-corrected chi connectivity index (χ0v) is 13.7. The maximum atomic E-state index is 12.1. The van der Waals surface area contributed by atoms with Gasteiger partial charge in [-0.15, -0.1) is 0 Å². The Hall–Kier alpha value is -3.02. The number of carbonyl (C=O) groups is 2. The molecular formula is C18H21N3O3. The molecule has 2 aromatic rings. The summed E-state index contributed by atoms with van der Waals surface area (Å²) in [4.78, 5) is 24.0. The second-order valence-corrected chi connectivity index (χ2v) is 5.13. The summed E-state index contributed by atoms with van der Waals surface area (Å²) in [5.41, 5.74) is 1.30. The van der Waals surface area contributed by atoms with Crippen LogP contribution in [0.25, 0.3) is 0 Å². The van der Waals surface area contributed by atoms with E-state index in [1.165, 1.54) is 0 Å². The molecule has 0 bridgehead atoms. The van der Waals surface area contributed by atoms with Gasteiger partial charge >= 0.3 is 6.03 Å². The molecule has 2 aromatic carbocycles. The van der Waals surface area contributed by atoms with Gasteiger partial charge in [-0.1, -0.05) is 18.2 Å². The predicted molar refractivity (Wildman–Crippen MR) is 94.3 cm³/mol. The third kappa shape index (κ3) is 5.31. The molecule has 0 aliphatic heterocycles. The van der Waals surface area contributed by atoms with Crippen LogP contribution in [0.4, 0.5) is 16.2 Å². The maximum absolute atomic E-state index is 12.1. The molecule has 2 rings (SSSR count). The molecule has 0 aliphatic rings. The number of amides is 3. The molecule has 0 spiro atoms. The number of hydrogen-bond acceptors (Lipinski definition) is 3. The first-order valence-electron chi connectivity index (χ1n) is 7.74. The van der Waals surface area contributed by atoms with Crippen molar-refractivity contribution >= 4 is 23.3 Å². The first kappa shape index (κ1) is 17.3.